The molecule has 1 aliphatic rings. The molecule has 3 nitrogen and oxygen atoms in total. The second kappa shape index (κ2) is 5.47. The summed E-state index contributed by atoms with van der Waals surface area (Å²) in [5.74, 6) is 0.949. The van der Waals surface area contributed by atoms with Crippen LogP contribution in [0.15, 0.2) is 0 Å². The van der Waals surface area contributed by atoms with E-state index in [1.807, 2.05) is 0 Å². The average Bonchev–Trinajstić information content (AvgIpc) is 2.42. The number of rotatable bonds is 5. The molecule has 1 heterocycles. The monoisotopic (exact) mass is 283 g/mol. The predicted octanol–water partition coefficient (Wildman–Crippen LogP) is 1.83. The van der Waals surface area contributed by atoms with Crippen LogP contribution in [0.25, 0.3) is 0 Å². The summed E-state index contributed by atoms with van der Waals surface area (Å²) in [5, 5.41) is 1.00. The molecule has 0 aliphatic carbocycles. The van der Waals surface area contributed by atoms with Crippen LogP contribution in [-0.4, -0.2) is 36.9 Å². The molecule has 0 amide bonds. The summed E-state index contributed by atoms with van der Waals surface area (Å²) in [4.78, 5) is 0. The maximum atomic E-state index is 11.4. The highest BCUT2D eigenvalue weighted by Gasteiger charge is 2.27. The van der Waals surface area contributed by atoms with Crippen LogP contribution in [0.5, 0.6) is 0 Å². The van der Waals surface area contributed by atoms with Gasteiger partial charge in [-0.05, 0) is 25.2 Å². The fourth-order valence-corrected chi connectivity index (χ4v) is 3.96. The molecule has 14 heavy (non-hydrogen) atoms. The second-order valence-corrected chi connectivity index (χ2v) is 6.82. The van der Waals surface area contributed by atoms with Crippen LogP contribution < -0.4 is 0 Å². The van der Waals surface area contributed by atoms with Gasteiger partial charge in [-0.15, -0.1) is 0 Å². The van der Waals surface area contributed by atoms with Crippen LogP contribution in [0.1, 0.15) is 26.2 Å². The van der Waals surface area contributed by atoms with Gasteiger partial charge in [0.05, 0.1) is 5.75 Å². The van der Waals surface area contributed by atoms with Crippen LogP contribution in [0.3, 0.4) is 0 Å². The molecular formula is C9H18BrNO2S. The molecule has 1 rings (SSSR count). The topological polar surface area (TPSA) is 37.4 Å². The maximum Gasteiger partial charge on any atom is 0.214 e. The van der Waals surface area contributed by atoms with Gasteiger partial charge in [0.25, 0.3) is 0 Å². The van der Waals surface area contributed by atoms with Gasteiger partial charge in [-0.25, -0.2) is 12.7 Å². The Labute approximate surface area is 95.0 Å². The Morgan fingerprint density at radius 1 is 1.43 bits per heavy atom. The van der Waals surface area contributed by atoms with E-state index in [0.717, 1.165) is 31.1 Å². The number of halogens is 1. The first-order chi connectivity index (χ1) is 6.56. The van der Waals surface area contributed by atoms with Crippen LogP contribution in [0.4, 0.5) is 0 Å². The molecule has 0 spiro atoms. The van der Waals surface area contributed by atoms with Gasteiger partial charge in [0.1, 0.15) is 0 Å². The second-order valence-electron chi connectivity index (χ2n) is 3.94. The Balaban J connectivity index is 2.31. The van der Waals surface area contributed by atoms with Crippen LogP contribution in [0, 0.1) is 5.92 Å². The summed E-state index contributed by atoms with van der Waals surface area (Å²) in [6.45, 7) is 3.60. The Hall–Kier alpha value is 0.390. The highest BCUT2D eigenvalue weighted by Crippen LogP contribution is 2.17. The minimum atomic E-state index is -2.88. The van der Waals surface area contributed by atoms with Crippen molar-refractivity contribution in [3.63, 3.8) is 0 Å². The molecule has 1 unspecified atom stereocenters. The molecule has 5 heteroatoms. The molecule has 0 aromatic heterocycles. The van der Waals surface area contributed by atoms with Crippen molar-refractivity contribution in [2.24, 2.45) is 5.92 Å². The standard InChI is InChI=1S/C9H18BrNO2S/c1-9(3-5-10)4-7-11-6-2-8-14(11,12)13/h9H,2-8H2,1H3. The molecule has 1 saturated heterocycles. The van der Waals surface area contributed by atoms with Gasteiger partial charge in [0.2, 0.25) is 10.0 Å². The van der Waals surface area contributed by atoms with Crippen molar-refractivity contribution >= 4 is 26.0 Å². The molecule has 0 bridgehead atoms. The first-order valence-corrected chi connectivity index (χ1v) is 7.83. The first kappa shape index (κ1) is 12.5. The molecule has 1 fully saturated rings. The highest BCUT2D eigenvalue weighted by atomic mass is 79.9. The van der Waals surface area contributed by atoms with Crippen LogP contribution >= 0.6 is 15.9 Å². The lowest BCUT2D eigenvalue weighted by atomic mass is 10.1. The molecule has 0 N–H and O–H groups in total. The van der Waals surface area contributed by atoms with Gasteiger partial charge >= 0.3 is 0 Å². The SMILES string of the molecule is CC(CCBr)CCN1CCCS1(=O)=O. The quantitative estimate of drug-likeness (QED) is 0.722. The summed E-state index contributed by atoms with van der Waals surface area (Å²) in [6, 6.07) is 0. The van der Waals surface area contributed by atoms with Crippen molar-refractivity contribution in [1.82, 2.24) is 4.31 Å². The number of nitrogens with zero attached hydrogens (tertiary/aromatic N) is 1. The molecule has 84 valence electrons. The maximum absolute atomic E-state index is 11.4. The lowest BCUT2D eigenvalue weighted by Crippen LogP contribution is -2.27. The van der Waals surface area contributed by atoms with E-state index in [4.69, 9.17) is 0 Å². The average molecular weight is 284 g/mol. The number of alkyl halides is 1. The van der Waals surface area contributed by atoms with Gasteiger partial charge in [-0.2, -0.15) is 0 Å². The van der Waals surface area contributed by atoms with Crippen molar-refractivity contribution in [1.29, 1.82) is 0 Å². The zero-order chi connectivity index (χ0) is 10.6. The molecule has 0 aromatic carbocycles. The molecule has 1 atom stereocenters. The number of hydrogen-bond donors (Lipinski definition) is 0. The third-order valence-corrected chi connectivity index (χ3v) is 5.09. The van der Waals surface area contributed by atoms with Gasteiger partial charge in [0.15, 0.2) is 0 Å². The Morgan fingerprint density at radius 2 is 2.14 bits per heavy atom. The van der Waals surface area contributed by atoms with Crippen molar-refractivity contribution < 1.29 is 8.42 Å². The summed E-state index contributed by atoms with van der Waals surface area (Å²) in [7, 11) is -2.88. The number of sulfonamides is 1. The summed E-state index contributed by atoms with van der Waals surface area (Å²) in [6.07, 6.45) is 2.90. The van der Waals surface area contributed by atoms with E-state index >= 15 is 0 Å². The minimum Gasteiger partial charge on any atom is -0.212 e. The third kappa shape index (κ3) is 3.51. The van der Waals surface area contributed by atoms with E-state index in [1.54, 1.807) is 4.31 Å². The van der Waals surface area contributed by atoms with E-state index in [9.17, 15) is 8.42 Å². The van der Waals surface area contributed by atoms with E-state index in [1.165, 1.54) is 0 Å². The van der Waals surface area contributed by atoms with Crippen LogP contribution in [-0.2, 0) is 10.0 Å². The van der Waals surface area contributed by atoms with Crippen molar-refractivity contribution in [3.8, 4) is 0 Å². The molecule has 0 radical (unpaired) electrons. The van der Waals surface area contributed by atoms with E-state index in [2.05, 4.69) is 22.9 Å². The number of hydrogen-bond acceptors (Lipinski definition) is 2. The van der Waals surface area contributed by atoms with E-state index in [0.29, 0.717) is 18.2 Å². The summed E-state index contributed by atoms with van der Waals surface area (Å²) < 4.78 is 24.5. The Morgan fingerprint density at radius 3 is 2.64 bits per heavy atom. The lowest BCUT2D eigenvalue weighted by Gasteiger charge is -2.16. The normalized spacial score (nSPS) is 23.9. The molecule has 0 aromatic rings. The van der Waals surface area contributed by atoms with E-state index in [-0.39, 0.29) is 0 Å². The summed E-state index contributed by atoms with van der Waals surface area (Å²) in [5.41, 5.74) is 0. The van der Waals surface area contributed by atoms with Crippen LogP contribution in [0.2, 0.25) is 0 Å². The van der Waals surface area contributed by atoms with Gasteiger partial charge in [-0.3, -0.25) is 0 Å². The lowest BCUT2D eigenvalue weighted by molar-refractivity contribution is 0.390. The molecule has 0 saturated carbocycles. The highest BCUT2D eigenvalue weighted by molar-refractivity contribution is 9.09. The third-order valence-electron chi connectivity index (χ3n) is 2.68. The van der Waals surface area contributed by atoms with Gasteiger partial charge in [0, 0.05) is 18.4 Å². The van der Waals surface area contributed by atoms with Crippen molar-refractivity contribution in [3.05, 3.63) is 0 Å². The van der Waals surface area contributed by atoms with Crippen molar-refractivity contribution in [2.75, 3.05) is 24.2 Å². The van der Waals surface area contributed by atoms with Crippen molar-refractivity contribution in [2.45, 2.75) is 26.2 Å². The predicted molar refractivity (Wildman–Crippen MR) is 62.2 cm³/mol. The smallest absolute Gasteiger partial charge is 0.212 e. The fraction of sp³-hybridized carbons (Fsp3) is 1.00. The zero-order valence-corrected chi connectivity index (χ0v) is 11.0. The Kier molecular flexibility index (Phi) is 4.87. The van der Waals surface area contributed by atoms with Gasteiger partial charge < -0.3 is 0 Å². The van der Waals surface area contributed by atoms with Gasteiger partial charge in [-0.1, -0.05) is 22.9 Å². The molecular weight excluding hydrogens is 266 g/mol. The Bertz CT molecular complexity index is 266. The first-order valence-electron chi connectivity index (χ1n) is 5.10. The minimum absolute atomic E-state index is 0.347. The largest absolute Gasteiger partial charge is 0.214 e. The zero-order valence-electron chi connectivity index (χ0n) is 8.58. The molecule has 1 aliphatic heterocycles. The summed E-state index contributed by atoms with van der Waals surface area (Å²) >= 11 is 3.39. The fourth-order valence-electron chi connectivity index (χ4n) is 1.64. The van der Waals surface area contributed by atoms with E-state index < -0.39 is 10.0 Å².